The van der Waals surface area contributed by atoms with Crippen LogP contribution in [0.1, 0.15) is 5.56 Å². The highest BCUT2D eigenvalue weighted by atomic mass is 32.2. The second-order valence-electron chi connectivity index (χ2n) is 6.02. The molecule has 1 N–H and O–H groups in total. The Morgan fingerprint density at radius 3 is 2.36 bits per heavy atom. The molecule has 28 heavy (non-hydrogen) atoms. The second kappa shape index (κ2) is 7.82. The topological polar surface area (TPSA) is 106 Å². The van der Waals surface area contributed by atoms with Crippen molar-refractivity contribution in [2.45, 2.75) is 9.79 Å². The molecule has 0 bridgehead atoms. The fourth-order valence-corrected chi connectivity index (χ4v) is 4.68. The maximum atomic E-state index is 12.0. The van der Waals surface area contributed by atoms with E-state index in [0.29, 0.717) is 5.13 Å². The van der Waals surface area contributed by atoms with Crippen LogP contribution in [0.4, 0.5) is 5.13 Å². The Hall–Kier alpha value is -2.56. The molecule has 146 valence electrons. The van der Waals surface area contributed by atoms with Gasteiger partial charge in [0, 0.05) is 29.0 Å². The van der Waals surface area contributed by atoms with Crippen LogP contribution in [0, 0.1) is 0 Å². The van der Waals surface area contributed by atoms with Crippen LogP contribution in [-0.4, -0.2) is 40.5 Å². The van der Waals surface area contributed by atoms with Gasteiger partial charge < -0.3 is 0 Å². The van der Waals surface area contributed by atoms with Gasteiger partial charge in [0.05, 0.1) is 21.7 Å². The zero-order chi connectivity index (χ0) is 20.4. The summed E-state index contributed by atoms with van der Waals surface area (Å²) in [7, 11) is -7.16. The number of rotatable bonds is 6. The van der Waals surface area contributed by atoms with E-state index in [-0.39, 0.29) is 15.4 Å². The largest absolute Gasteiger partial charge is 0.253 e. The van der Waals surface area contributed by atoms with E-state index < -0.39 is 19.7 Å². The minimum Gasteiger partial charge on any atom is -0.253 e. The van der Waals surface area contributed by atoms with Crippen LogP contribution in [0.2, 0.25) is 0 Å². The number of anilines is 1. The number of benzene rings is 2. The van der Waals surface area contributed by atoms with Crippen molar-refractivity contribution in [3.8, 4) is 11.3 Å². The van der Waals surface area contributed by atoms with Gasteiger partial charge in [0.15, 0.2) is 19.7 Å². The third-order valence-corrected chi connectivity index (χ3v) is 6.76. The van der Waals surface area contributed by atoms with E-state index in [2.05, 4.69) is 15.5 Å². The predicted molar refractivity (Wildman–Crippen MR) is 111 cm³/mol. The molecular formula is C18H17N3O4S3. The molecule has 0 unspecified atom stereocenters. The minimum absolute atomic E-state index is 0.0644. The first-order valence-corrected chi connectivity index (χ1v) is 12.6. The van der Waals surface area contributed by atoms with Crippen molar-refractivity contribution in [3.63, 3.8) is 0 Å². The summed E-state index contributed by atoms with van der Waals surface area (Å²) in [6.45, 7) is 0. The van der Waals surface area contributed by atoms with Crippen molar-refractivity contribution in [1.29, 1.82) is 0 Å². The first-order chi connectivity index (χ1) is 13.1. The van der Waals surface area contributed by atoms with E-state index in [1.165, 1.54) is 29.7 Å². The number of hydrogen-bond acceptors (Lipinski definition) is 8. The third-order valence-electron chi connectivity index (χ3n) is 3.75. The summed E-state index contributed by atoms with van der Waals surface area (Å²) >= 11 is 1.36. The first kappa shape index (κ1) is 20.2. The molecule has 3 aromatic rings. The van der Waals surface area contributed by atoms with Crippen molar-refractivity contribution in [3.05, 3.63) is 59.5 Å². The lowest BCUT2D eigenvalue weighted by atomic mass is 10.2. The molecule has 0 aliphatic rings. The molecule has 0 amide bonds. The van der Waals surface area contributed by atoms with E-state index in [9.17, 15) is 16.8 Å². The van der Waals surface area contributed by atoms with Crippen LogP contribution in [0.5, 0.6) is 0 Å². The van der Waals surface area contributed by atoms with Crippen LogP contribution < -0.4 is 5.43 Å². The molecule has 0 saturated heterocycles. The van der Waals surface area contributed by atoms with Crippen LogP contribution in [0.25, 0.3) is 11.3 Å². The summed E-state index contributed by atoms with van der Waals surface area (Å²) in [6, 6.07) is 13.6. The quantitative estimate of drug-likeness (QED) is 0.471. The second-order valence-corrected chi connectivity index (χ2v) is 10.9. The molecule has 0 aliphatic carbocycles. The van der Waals surface area contributed by atoms with E-state index in [4.69, 9.17) is 0 Å². The van der Waals surface area contributed by atoms with Gasteiger partial charge >= 0.3 is 0 Å². The molecule has 10 heteroatoms. The van der Waals surface area contributed by atoms with Gasteiger partial charge in [-0.05, 0) is 12.1 Å². The molecule has 0 radical (unpaired) electrons. The molecule has 0 aliphatic heterocycles. The number of hydrogen-bond donors (Lipinski definition) is 1. The molecule has 0 atom stereocenters. The molecule has 1 aromatic heterocycles. The maximum Gasteiger partial charge on any atom is 0.203 e. The Bertz CT molecular complexity index is 1230. The monoisotopic (exact) mass is 435 g/mol. The summed E-state index contributed by atoms with van der Waals surface area (Å²) in [6.07, 6.45) is 3.37. The Morgan fingerprint density at radius 1 is 1.00 bits per heavy atom. The smallest absolute Gasteiger partial charge is 0.203 e. The van der Waals surface area contributed by atoms with Gasteiger partial charge in [-0.2, -0.15) is 5.10 Å². The molecule has 0 saturated carbocycles. The van der Waals surface area contributed by atoms with Crippen molar-refractivity contribution in [1.82, 2.24) is 4.98 Å². The molecule has 1 heterocycles. The number of hydrazone groups is 1. The summed E-state index contributed by atoms with van der Waals surface area (Å²) < 4.78 is 47.5. The number of sulfone groups is 2. The van der Waals surface area contributed by atoms with E-state index in [1.807, 2.05) is 35.7 Å². The number of nitrogens with zero attached hydrogens (tertiary/aromatic N) is 2. The average molecular weight is 436 g/mol. The molecule has 7 nitrogen and oxygen atoms in total. The Morgan fingerprint density at radius 2 is 1.71 bits per heavy atom. The maximum absolute atomic E-state index is 12.0. The van der Waals surface area contributed by atoms with E-state index in [1.54, 1.807) is 0 Å². The summed E-state index contributed by atoms with van der Waals surface area (Å²) in [5.74, 6) is 0. The van der Waals surface area contributed by atoms with Crippen LogP contribution in [0.3, 0.4) is 0 Å². The van der Waals surface area contributed by atoms with Crippen molar-refractivity contribution >= 4 is 42.4 Å². The molecular weight excluding hydrogens is 418 g/mol. The summed E-state index contributed by atoms with van der Waals surface area (Å²) in [4.78, 5) is 4.25. The molecule has 3 rings (SSSR count). The fraction of sp³-hybridized carbons (Fsp3) is 0.111. The Balaban J connectivity index is 1.84. The van der Waals surface area contributed by atoms with Crippen LogP contribution >= 0.6 is 11.3 Å². The highest BCUT2D eigenvalue weighted by Gasteiger charge is 2.17. The molecule has 0 spiro atoms. The third kappa shape index (κ3) is 4.83. The highest BCUT2D eigenvalue weighted by molar-refractivity contribution is 7.91. The zero-order valence-electron chi connectivity index (χ0n) is 15.0. The minimum atomic E-state index is -3.64. The molecule has 2 aromatic carbocycles. The SMILES string of the molecule is CS(=O)(=O)c1ccc(C=NNc2nc(-c3ccccc3)cs2)c(S(C)(=O)=O)c1. The van der Waals surface area contributed by atoms with Gasteiger partial charge in [-0.1, -0.05) is 36.4 Å². The highest BCUT2D eigenvalue weighted by Crippen LogP contribution is 2.25. The van der Waals surface area contributed by atoms with Crippen molar-refractivity contribution < 1.29 is 16.8 Å². The average Bonchev–Trinajstić information content (AvgIpc) is 3.10. The van der Waals surface area contributed by atoms with Crippen molar-refractivity contribution in [2.24, 2.45) is 5.10 Å². The lowest BCUT2D eigenvalue weighted by Crippen LogP contribution is -2.06. The lowest BCUT2D eigenvalue weighted by molar-refractivity contribution is 0.600. The zero-order valence-corrected chi connectivity index (χ0v) is 17.5. The van der Waals surface area contributed by atoms with Gasteiger partial charge in [-0.25, -0.2) is 21.8 Å². The van der Waals surface area contributed by atoms with Gasteiger partial charge in [0.25, 0.3) is 0 Å². The number of aromatic nitrogens is 1. The van der Waals surface area contributed by atoms with E-state index in [0.717, 1.165) is 29.8 Å². The molecule has 0 fully saturated rings. The van der Waals surface area contributed by atoms with Gasteiger partial charge in [0.2, 0.25) is 5.13 Å². The van der Waals surface area contributed by atoms with Gasteiger partial charge in [-0.15, -0.1) is 11.3 Å². The van der Waals surface area contributed by atoms with Gasteiger partial charge in [-0.3, -0.25) is 5.43 Å². The summed E-state index contributed by atoms with van der Waals surface area (Å²) in [5.41, 5.74) is 4.83. The predicted octanol–water partition coefficient (Wildman–Crippen LogP) is 3.06. The number of thiazole rings is 1. The Kier molecular flexibility index (Phi) is 5.64. The number of nitrogens with one attached hydrogen (secondary N) is 1. The van der Waals surface area contributed by atoms with Crippen molar-refractivity contribution in [2.75, 3.05) is 17.9 Å². The standard InChI is InChI=1S/C18H17N3O4S3/c1-27(22,23)15-9-8-14(17(10-15)28(2,24)25)11-19-21-18-20-16(12-26-18)13-6-4-3-5-7-13/h3-12H,1-2H3,(H,20,21). The fourth-order valence-electron chi connectivity index (χ4n) is 2.40. The van der Waals surface area contributed by atoms with Crippen LogP contribution in [0.15, 0.2) is 68.8 Å². The van der Waals surface area contributed by atoms with E-state index >= 15 is 0 Å². The van der Waals surface area contributed by atoms with Crippen LogP contribution in [-0.2, 0) is 19.7 Å². The van der Waals surface area contributed by atoms with Gasteiger partial charge in [0.1, 0.15) is 0 Å². The first-order valence-electron chi connectivity index (χ1n) is 7.99. The normalized spacial score (nSPS) is 12.4. The summed E-state index contributed by atoms with van der Waals surface area (Å²) in [5, 5.41) is 6.47. The lowest BCUT2D eigenvalue weighted by Gasteiger charge is -2.06. The Labute approximate surface area is 167 Å².